The summed E-state index contributed by atoms with van der Waals surface area (Å²) in [4.78, 5) is 16.8. The van der Waals surface area contributed by atoms with Gasteiger partial charge in [0.2, 0.25) is 0 Å². The molecule has 8 heteroatoms. The Morgan fingerprint density at radius 1 is 1.21 bits per heavy atom. The lowest BCUT2D eigenvalue weighted by molar-refractivity contribution is 0.102. The number of hydrogen-bond acceptors (Lipinski definition) is 2. The van der Waals surface area contributed by atoms with E-state index in [1.54, 1.807) is 19.1 Å². The standard InChI is InChI=1S/C16H11ClF3N3O/c1-2-10-15(23-7-8(17)3-6-12(23)21-10)16(24)22-11-5-4-9(18)13(19)14(11)20/h3-7H,2H2,1H3,(H,22,24). The van der Waals surface area contributed by atoms with Crippen molar-refractivity contribution in [1.29, 1.82) is 0 Å². The fraction of sp³-hybridized carbons (Fsp3) is 0.125. The molecule has 0 aliphatic heterocycles. The molecule has 1 aromatic carbocycles. The minimum atomic E-state index is -1.65. The molecular weight excluding hydrogens is 343 g/mol. The van der Waals surface area contributed by atoms with Crippen molar-refractivity contribution in [2.45, 2.75) is 13.3 Å². The number of aromatic nitrogens is 2. The highest BCUT2D eigenvalue weighted by molar-refractivity contribution is 6.30. The van der Waals surface area contributed by atoms with Gasteiger partial charge in [-0.15, -0.1) is 0 Å². The molecule has 1 N–H and O–H groups in total. The van der Waals surface area contributed by atoms with Crippen LogP contribution in [0.4, 0.5) is 18.9 Å². The molecule has 0 saturated carbocycles. The smallest absolute Gasteiger partial charge is 0.274 e. The molecule has 0 atom stereocenters. The van der Waals surface area contributed by atoms with Gasteiger partial charge in [-0.05, 0) is 30.7 Å². The first-order valence-corrected chi connectivity index (χ1v) is 7.41. The van der Waals surface area contributed by atoms with E-state index >= 15 is 0 Å². The third-order valence-electron chi connectivity index (χ3n) is 3.49. The lowest BCUT2D eigenvalue weighted by Crippen LogP contribution is -2.17. The molecule has 2 aromatic heterocycles. The van der Waals surface area contributed by atoms with Crippen molar-refractivity contribution in [3.63, 3.8) is 0 Å². The number of benzene rings is 1. The van der Waals surface area contributed by atoms with Gasteiger partial charge in [-0.25, -0.2) is 18.2 Å². The second-order valence-electron chi connectivity index (χ2n) is 5.01. The van der Waals surface area contributed by atoms with Crippen molar-refractivity contribution < 1.29 is 18.0 Å². The van der Waals surface area contributed by atoms with Gasteiger partial charge >= 0.3 is 0 Å². The monoisotopic (exact) mass is 353 g/mol. The molecule has 0 aliphatic carbocycles. The van der Waals surface area contributed by atoms with Crippen LogP contribution in [0.2, 0.25) is 5.02 Å². The normalized spacial score (nSPS) is 11.0. The molecule has 1 amide bonds. The van der Waals surface area contributed by atoms with E-state index in [2.05, 4.69) is 10.3 Å². The van der Waals surface area contributed by atoms with Crippen LogP contribution in [-0.4, -0.2) is 15.3 Å². The summed E-state index contributed by atoms with van der Waals surface area (Å²) in [5.74, 6) is -5.15. The molecule has 0 unspecified atom stereocenters. The highest BCUT2D eigenvalue weighted by atomic mass is 35.5. The Kier molecular flexibility index (Phi) is 4.19. The molecular formula is C16H11ClF3N3O. The summed E-state index contributed by atoms with van der Waals surface area (Å²) >= 11 is 5.94. The first-order valence-electron chi connectivity index (χ1n) is 7.03. The average molecular weight is 354 g/mol. The molecule has 0 bridgehead atoms. The molecule has 2 heterocycles. The summed E-state index contributed by atoms with van der Waals surface area (Å²) in [6, 6.07) is 4.95. The van der Waals surface area contributed by atoms with Gasteiger partial charge in [-0.1, -0.05) is 18.5 Å². The molecule has 0 fully saturated rings. The molecule has 124 valence electrons. The van der Waals surface area contributed by atoms with E-state index in [1.165, 1.54) is 10.6 Å². The van der Waals surface area contributed by atoms with E-state index in [0.29, 0.717) is 22.8 Å². The third kappa shape index (κ3) is 2.71. The van der Waals surface area contributed by atoms with Crippen LogP contribution in [0.5, 0.6) is 0 Å². The second kappa shape index (κ2) is 6.16. The summed E-state index contributed by atoms with van der Waals surface area (Å²) in [5.41, 5.74) is 0.655. The molecule has 0 aliphatic rings. The van der Waals surface area contributed by atoms with Crippen LogP contribution in [0.25, 0.3) is 5.65 Å². The van der Waals surface area contributed by atoms with Crippen molar-refractivity contribution in [3.8, 4) is 0 Å². The number of imidazole rings is 1. The van der Waals surface area contributed by atoms with Gasteiger partial charge in [0.05, 0.1) is 16.4 Å². The molecule has 3 rings (SSSR count). The van der Waals surface area contributed by atoms with Gasteiger partial charge in [0.1, 0.15) is 11.3 Å². The van der Waals surface area contributed by atoms with Crippen molar-refractivity contribution >= 4 is 28.8 Å². The molecule has 24 heavy (non-hydrogen) atoms. The number of carbonyl (C=O) groups is 1. The van der Waals surface area contributed by atoms with E-state index < -0.39 is 29.0 Å². The van der Waals surface area contributed by atoms with E-state index in [9.17, 15) is 18.0 Å². The summed E-state index contributed by atoms with van der Waals surface area (Å²) in [7, 11) is 0. The number of amides is 1. The van der Waals surface area contributed by atoms with Crippen molar-refractivity contribution in [1.82, 2.24) is 9.38 Å². The summed E-state index contributed by atoms with van der Waals surface area (Å²) < 4.78 is 41.5. The Hall–Kier alpha value is -2.54. The van der Waals surface area contributed by atoms with E-state index in [4.69, 9.17) is 11.6 Å². The number of aryl methyl sites for hydroxylation is 1. The summed E-state index contributed by atoms with van der Waals surface area (Å²) in [6.07, 6.45) is 1.95. The lowest BCUT2D eigenvalue weighted by atomic mass is 10.2. The Labute approximate surface area is 139 Å². The zero-order valence-corrected chi connectivity index (χ0v) is 13.2. The number of carbonyl (C=O) groups excluding carboxylic acids is 1. The van der Waals surface area contributed by atoms with E-state index in [-0.39, 0.29) is 5.69 Å². The Bertz CT molecular complexity index is 955. The van der Waals surface area contributed by atoms with Crippen LogP contribution in [0.15, 0.2) is 30.5 Å². The number of nitrogens with one attached hydrogen (secondary N) is 1. The number of nitrogens with zero attached hydrogens (tertiary/aromatic N) is 2. The molecule has 4 nitrogen and oxygen atoms in total. The van der Waals surface area contributed by atoms with Crippen LogP contribution in [0, 0.1) is 17.5 Å². The van der Waals surface area contributed by atoms with Gasteiger partial charge in [0.25, 0.3) is 5.91 Å². The maximum Gasteiger partial charge on any atom is 0.274 e. The summed E-state index contributed by atoms with van der Waals surface area (Å²) in [5, 5.41) is 2.63. The van der Waals surface area contributed by atoms with Crippen molar-refractivity contribution in [2.24, 2.45) is 0 Å². The van der Waals surface area contributed by atoms with Crippen LogP contribution in [0.1, 0.15) is 23.1 Å². The van der Waals surface area contributed by atoms with Crippen molar-refractivity contribution in [2.75, 3.05) is 5.32 Å². The predicted octanol–water partition coefficient (Wildman–Crippen LogP) is 4.22. The fourth-order valence-electron chi connectivity index (χ4n) is 2.36. The Morgan fingerprint density at radius 2 is 1.96 bits per heavy atom. The number of hydrogen-bond donors (Lipinski definition) is 1. The van der Waals surface area contributed by atoms with Gasteiger partial charge < -0.3 is 5.32 Å². The maximum absolute atomic E-state index is 13.8. The molecule has 3 aromatic rings. The molecule has 0 saturated heterocycles. The molecule has 0 radical (unpaired) electrons. The lowest BCUT2D eigenvalue weighted by Gasteiger charge is -2.08. The number of halogens is 4. The zero-order chi connectivity index (χ0) is 17.4. The predicted molar refractivity (Wildman–Crippen MR) is 83.8 cm³/mol. The van der Waals surface area contributed by atoms with Gasteiger partial charge in [0, 0.05) is 6.20 Å². The maximum atomic E-state index is 13.8. The zero-order valence-electron chi connectivity index (χ0n) is 12.4. The highest BCUT2D eigenvalue weighted by Gasteiger charge is 2.21. The number of fused-ring (bicyclic) bond motifs is 1. The van der Waals surface area contributed by atoms with E-state index in [1.807, 2.05) is 0 Å². The van der Waals surface area contributed by atoms with Crippen LogP contribution in [0.3, 0.4) is 0 Å². The summed E-state index contributed by atoms with van der Waals surface area (Å²) in [6.45, 7) is 1.80. The Balaban J connectivity index is 2.06. The minimum absolute atomic E-state index is 0.152. The first-order chi connectivity index (χ1) is 11.4. The van der Waals surface area contributed by atoms with Crippen LogP contribution < -0.4 is 5.32 Å². The topological polar surface area (TPSA) is 46.4 Å². The number of rotatable bonds is 3. The van der Waals surface area contributed by atoms with Gasteiger partial charge in [-0.2, -0.15) is 0 Å². The minimum Gasteiger partial charge on any atom is -0.318 e. The third-order valence-corrected chi connectivity index (χ3v) is 3.71. The van der Waals surface area contributed by atoms with Gasteiger partial charge in [0.15, 0.2) is 17.5 Å². The Morgan fingerprint density at radius 3 is 2.67 bits per heavy atom. The van der Waals surface area contributed by atoms with Gasteiger partial charge in [-0.3, -0.25) is 9.20 Å². The highest BCUT2D eigenvalue weighted by Crippen LogP contribution is 2.22. The SMILES string of the molecule is CCc1nc2ccc(Cl)cn2c1C(=O)Nc1ccc(F)c(F)c1F. The largest absolute Gasteiger partial charge is 0.318 e. The van der Waals surface area contributed by atoms with Crippen LogP contribution >= 0.6 is 11.6 Å². The van der Waals surface area contributed by atoms with Crippen molar-refractivity contribution in [3.05, 3.63) is 64.3 Å². The average Bonchev–Trinajstić information content (AvgIpc) is 2.93. The number of pyridine rings is 1. The van der Waals surface area contributed by atoms with Crippen LogP contribution in [-0.2, 0) is 6.42 Å². The molecule has 0 spiro atoms. The second-order valence-corrected chi connectivity index (χ2v) is 5.45. The number of anilines is 1. The fourth-order valence-corrected chi connectivity index (χ4v) is 2.52. The van der Waals surface area contributed by atoms with E-state index in [0.717, 1.165) is 12.1 Å². The quantitative estimate of drug-likeness (QED) is 0.717. The first kappa shape index (κ1) is 16.3.